The van der Waals surface area contributed by atoms with Gasteiger partial charge in [-0.3, -0.25) is 9.59 Å². The number of piperazine rings is 1. The van der Waals surface area contributed by atoms with E-state index < -0.39 is 0 Å². The molecule has 1 fully saturated rings. The standard InChI is InChI=1S/C21H21N3O2/c1-2-20(25)23-15-21(26)24(19-11-7-6-10-17(19)13-22)14-18(23)12-16-8-4-3-5-9-16/h3-11,18H,2,12,14-15H2,1H3/t18-/m1/s1. The van der Waals surface area contributed by atoms with E-state index in [-0.39, 0.29) is 24.4 Å². The molecule has 0 saturated carbocycles. The summed E-state index contributed by atoms with van der Waals surface area (Å²) in [5.41, 5.74) is 2.20. The lowest BCUT2D eigenvalue weighted by molar-refractivity contribution is -0.139. The molecule has 26 heavy (non-hydrogen) atoms. The highest BCUT2D eigenvalue weighted by molar-refractivity contribution is 5.99. The minimum atomic E-state index is -0.154. The van der Waals surface area contributed by atoms with Crippen molar-refractivity contribution in [3.63, 3.8) is 0 Å². The molecular weight excluding hydrogens is 326 g/mol. The lowest BCUT2D eigenvalue weighted by Crippen LogP contribution is -2.59. The van der Waals surface area contributed by atoms with Crippen LogP contribution in [0, 0.1) is 11.3 Å². The number of benzene rings is 2. The third kappa shape index (κ3) is 3.60. The van der Waals surface area contributed by atoms with Crippen molar-refractivity contribution in [1.29, 1.82) is 5.26 Å². The third-order valence-electron chi connectivity index (χ3n) is 4.69. The Morgan fingerprint density at radius 2 is 1.85 bits per heavy atom. The van der Waals surface area contributed by atoms with Gasteiger partial charge in [0.05, 0.1) is 17.3 Å². The first-order valence-corrected chi connectivity index (χ1v) is 8.77. The molecular formula is C21H21N3O2. The van der Waals surface area contributed by atoms with E-state index in [1.54, 1.807) is 28.0 Å². The summed E-state index contributed by atoms with van der Waals surface area (Å²) in [6.45, 7) is 2.24. The summed E-state index contributed by atoms with van der Waals surface area (Å²) >= 11 is 0. The van der Waals surface area contributed by atoms with Crippen molar-refractivity contribution >= 4 is 17.5 Å². The van der Waals surface area contributed by atoms with Crippen LogP contribution in [0.15, 0.2) is 54.6 Å². The predicted octanol–water partition coefficient (Wildman–Crippen LogP) is 2.75. The van der Waals surface area contributed by atoms with E-state index in [0.717, 1.165) is 5.56 Å². The SMILES string of the molecule is CCC(=O)N1CC(=O)N(c2ccccc2C#N)C[C@H]1Cc1ccccc1. The Balaban J connectivity index is 1.92. The maximum absolute atomic E-state index is 12.7. The molecule has 0 aromatic heterocycles. The van der Waals surface area contributed by atoms with Gasteiger partial charge in [0.2, 0.25) is 11.8 Å². The number of amides is 2. The predicted molar refractivity (Wildman–Crippen MR) is 99.4 cm³/mol. The van der Waals surface area contributed by atoms with Crippen molar-refractivity contribution in [2.45, 2.75) is 25.8 Å². The summed E-state index contributed by atoms with van der Waals surface area (Å²) < 4.78 is 0. The van der Waals surface area contributed by atoms with E-state index in [4.69, 9.17) is 0 Å². The second-order valence-corrected chi connectivity index (χ2v) is 6.35. The third-order valence-corrected chi connectivity index (χ3v) is 4.69. The first kappa shape index (κ1) is 17.7. The zero-order valence-corrected chi connectivity index (χ0v) is 14.8. The number of carbonyl (C=O) groups excluding carboxylic acids is 2. The first-order valence-electron chi connectivity index (χ1n) is 8.77. The van der Waals surface area contributed by atoms with Crippen LogP contribution in [-0.2, 0) is 16.0 Å². The molecule has 0 N–H and O–H groups in total. The average molecular weight is 347 g/mol. The second kappa shape index (κ2) is 7.83. The number of para-hydroxylation sites is 1. The van der Waals surface area contributed by atoms with Gasteiger partial charge in [-0.05, 0) is 24.1 Å². The molecule has 132 valence electrons. The van der Waals surface area contributed by atoms with Crippen molar-refractivity contribution in [3.05, 3.63) is 65.7 Å². The fourth-order valence-corrected chi connectivity index (χ4v) is 3.36. The van der Waals surface area contributed by atoms with Crippen LogP contribution < -0.4 is 4.90 Å². The van der Waals surface area contributed by atoms with E-state index in [2.05, 4.69) is 6.07 Å². The number of hydrogen-bond donors (Lipinski definition) is 0. The van der Waals surface area contributed by atoms with E-state index in [9.17, 15) is 14.9 Å². The van der Waals surface area contributed by atoms with Crippen molar-refractivity contribution < 1.29 is 9.59 Å². The van der Waals surface area contributed by atoms with Gasteiger partial charge < -0.3 is 9.80 Å². The van der Waals surface area contributed by atoms with Crippen LogP contribution in [0.1, 0.15) is 24.5 Å². The van der Waals surface area contributed by atoms with Gasteiger partial charge in [-0.25, -0.2) is 0 Å². The monoisotopic (exact) mass is 347 g/mol. The number of anilines is 1. The average Bonchev–Trinajstić information content (AvgIpc) is 2.69. The molecule has 5 heteroatoms. The Morgan fingerprint density at radius 3 is 2.54 bits per heavy atom. The van der Waals surface area contributed by atoms with Gasteiger partial charge in [0, 0.05) is 13.0 Å². The van der Waals surface area contributed by atoms with E-state index >= 15 is 0 Å². The summed E-state index contributed by atoms with van der Waals surface area (Å²) in [4.78, 5) is 28.4. The maximum atomic E-state index is 12.7. The topological polar surface area (TPSA) is 64.4 Å². The highest BCUT2D eigenvalue weighted by Gasteiger charge is 2.35. The van der Waals surface area contributed by atoms with Gasteiger partial charge in [0.15, 0.2) is 0 Å². The largest absolute Gasteiger partial charge is 0.328 e. The smallest absolute Gasteiger partial charge is 0.246 e. The molecule has 1 aliphatic heterocycles. The lowest BCUT2D eigenvalue weighted by Gasteiger charge is -2.41. The van der Waals surface area contributed by atoms with E-state index in [1.165, 1.54) is 0 Å². The minimum Gasteiger partial charge on any atom is -0.328 e. The molecule has 1 atom stereocenters. The van der Waals surface area contributed by atoms with Gasteiger partial charge in [0.1, 0.15) is 12.6 Å². The van der Waals surface area contributed by atoms with E-state index in [1.807, 2.05) is 43.3 Å². The van der Waals surface area contributed by atoms with Crippen LogP contribution >= 0.6 is 0 Å². The summed E-state index contributed by atoms with van der Waals surface area (Å²) in [5, 5.41) is 9.36. The molecule has 0 bridgehead atoms. The van der Waals surface area contributed by atoms with Crippen molar-refractivity contribution in [3.8, 4) is 6.07 Å². The molecule has 0 radical (unpaired) electrons. The number of rotatable bonds is 4. The summed E-state index contributed by atoms with van der Waals surface area (Å²) in [7, 11) is 0. The molecule has 0 spiro atoms. The highest BCUT2D eigenvalue weighted by Crippen LogP contribution is 2.25. The lowest BCUT2D eigenvalue weighted by atomic mass is 10.00. The quantitative estimate of drug-likeness (QED) is 0.854. The van der Waals surface area contributed by atoms with Crippen LogP contribution in [0.25, 0.3) is 0 Å². The fourth-order valence-electron chi connectivity index (χ4n) is 3.36. The van der Waals surface area contributed by atoms with Crippen molar-refractivity contribution in [2.24, 2.45) is 0 Å². The van der Waals surface area contributed by atoms with Crippen LogP contribution in [0.4, 0.5) is 5.69 Å². The van der Waals surface area contributed by atoms with Gasteiger partial charge >= 0.3 is 0 Å². The summed E-state index contributed by atoms with van der Waals surface area (Å²) in [6.07, 6.45) is 1.04. The fraction of sp³-hybridized carbons (Fsp3) is 0.286. The van der Waals surface area contributed by atoms with Gasteiger partial charge in [-0.15, -0.1) is 0 Å². The molecule has 2 amide bonds. The molecule has 1 heterocycles. The molecule has 3 rings (SSSR count). The van der Waals surface area contributed by atoms with E-state index in [0.29, 0.717) is 30.6 Å². The van der Waals surface area contributed by atoms with Crippen molar-refractivity contribution in [2.75, 3.05) is 18.0 Å². The Morgan fingerprint density at radius 1 is 1.15 bits per heavy atom. The first-order chi connectivity index (χ1) is 12.6. The molecule has 1 saturated heterocycles. The zero-order valence-electron chi connectivity index (χ0n) is 14.8. The molecule has 0 aliphatic carbocycles. The van der Waals surface area contributed by atoms with Gasteiger partial charge in [0.25, 0.3) is 0 Å². The summed E-state index contributed by atoms with van der Waals surface area (Å²) in [6, 6.07) is 19.1. The highest BCUT2D eigenvalue weighted by atomic mass is 16.2. The Hall–Kier alpha value is -3.13. The number of nitrogens with zero attached hydrogens (tertiary/aromatic N) is 3. The molecule has 1 aliphatic rings. The van der Waals surface area contributed by atoms with Crippen LogP contribution in [0.3, 0.4) is 0 Å². The summed E-state index contributed by atoms with van der Waals surface area (Å²) in [5.74, 6) is -0.175. The maximum Gasteiger partial charge on any atom is 0.246 e. The van der Waals surface area contributed by atoms with Crippen LogP contribution in [-0.4, -0.2) is 35.8 Å². The van der Waals surface area contributed by atoms with Crippen molar-refractivity contribution in [1.82, 2.24) is 4.90 Å². The minimum absolute atomic E-state index is 0.0208. The number of carbonyl (C=O) groups is 2. The normalized spacial score (nSPS) is 17.1. The van der Waals surface area contributed by atoms with Crippen LogP contribution in [0.5, 0.6) is 0 Å². The molecule has 5 nitrogen and oxygen atoms in total. The molecule has 2 aromatic carbocycles. The number of hydrogen-bond acceptors (Lipinski definition) is 3. The van der Waals surface area contributed by atoms with Gasteiger partial charge in [-0.1, -0.05) is 49.4 Å². The van der Waals surface area contributed by atoms with Gasteiger partial charge in [-0.2, -0.15) is 5.26 Å². The Bertz CT molecular complexity index is 842. The number of nitriles is 1. The Labute approximate surface area is 153 Å². The molecule has 0 unspecified atom stereocenters. The van der Waals surface area contributed by atoms with Crippen LogP contribution in [0.2, 0.25) is 0 Å². The zero-order chi connectivity index (χ0) is 18.5. The second-order valence-electron chi connectivity index (χ2n) is 6.35. The Kier molecular flexibility index (Phi) is 5.33. The molecule has 2 aromatic rings.